The highest BCUT2D eigenvalue weighted by molar-refractivity contribution is 5.75. The summed E-state index contributed by atoms with van der Waals surface area (Å²) in [6.45, 7) is 3.54. The number of rotatable bonds is 6. The van der Waals surface area contributed by atoms with Crippen molar-refractivity contribution in [1.29, 1.82) is 0 Å². The van der Waals surface area contributed by atoms with Gasteiger partial charge in [-0.25, -0.2) is 4.79 Å². The summed E-state index contributed by atoms with van der Waals surface area (Å²) in [6.07, 6.45) is 6.35. The quantitative estimate of drug-likeness (QED) is 0.839. The molecule has 0 bridgehead atoms. The number of methoxy groups -OCH3 is 1. The fraction of sp³-hybridized carbons (Fsp3) is 0.632. The van der Waals surface area contributed by atoms with Crippen molar-refractivity contribution < 1.29 is 14.3 Å². The van der Waals surface area contributed by atoms with Crippen LogP contribution in [-0.4, -0.2) is 32.3 Å². The van der Waals surface area contributed by atoms with E-state index in [1.165, 1.54) is 31.2 Å². The van der Waals surface area contributed by atoms with Crippen LogP contribution in [-0.2, 0) is 0 Å². The lowest BCUT2D eigenvalue weighted by molar-refractivity contribution is 0.147. The van der Waals surface area contributed by atoms with Crippen molar-refractivity contribution in [3.05, 3.63) is 23.8 Å². The summed E-state index contributed by atoms with van der Waals surface area (Å²) in [4.78, 5) is 11.3. The van der Waals surface area contributed by atoms with Gasteiger partial charge in [-0.3, -0.25) is 0 Å². The van der Waals surface area contributed by atoms with Gasteiger partial charge in [-0.05, 0) is 49.3 Å². The molecule has 0 radical (unpaired) electrons. The summed E-state index contributed by atoms with van der Waals surface area (Å²) in [5.74, 6) is 2.53. The number of hydrogen-bond acceptors (Lipinski definition) is 3. The third-order valence-electron chi connectivity index (χ3n) is 5.20. The molecule has 2 aliphatic rings. The Bertz CT molecular complexity index is 566. The summed E-state index contributed by atoms with van der Waals surface area (Å²) in [5.41, 5.74) is 1.17. The van der Waals surface area contributed by atoms with Crippen LogP contribution in [0.3, 0.4) is 0 Å². The molecular weight excluding hydrogens is 304 g/mol. The number of urea groups is 1. The van der Waals surface area contributed by atoms with E-state index in [1.54, 1.807) is 7.11 Å². The van der Waals surface area contributed by atoms with Gasteiger partial charge in [-0.1, -0.05) is 19.4 Å². The largest absolute Gasteiger partial charge is 0.493 e. The molecule has 1 aromatic rings. The van der Waals surface area contributed by atoms with Crippen molar-refractivity contribution in [3.8, 4) is 11.5 Å². The third kappa shape index (κ3) is 3.77. The fourth-order valence-electron chi connectivity index (χ4n) is 3.86. The number of carbonyl (C=O) groups excluding carboxylic acids is 1. The number of ether oxygens (including phenoxy) is 2. The zero-order valence-corrected chi connectivity index (χ0v) is 14.6. The summed E-state index contributed by atoms with van der Waals surface area (Å²) >= 11 is 0. The molecule has 2 N–H and O–H groups in total. The Morgan fingerprint density at radius 1 is 1.17 bits per heavy atom. The van der Waals surface area contributed by atoms with Crippen molar-refractivity contribution in [2.75, 3.05) is 20.2 Å². The average molecular weight is 332 g/mol. The van der Waals surface area contributed by atoms with Gasteiger partial charge in [0.25, 0.3) is 0 Å². The molecular formula is C19H28N2O3. The van der Waals surface area contributed by atoms with Gasteiger partial charge in [0.1, 0.15) is 6.10 Å². The molecule has 1 saturated carbocycles. The molecule has 1 aromatic carbocycles. The molecule has 24 heavy (non-hydrogen) atoms. The number of carbonyl (C=O) groups is 1. The Morgan fingerprint density at radius 2 is 1.96 bits per heavy atom. The lowest BCUT2D eigenvalue weighted by Crippen LogP contribution is -2.47. The average Bonchev–Trinajstić information content (AvgIpc) is 3.03. The summed E-state index contributed by atoms with van der Waals surface area (Å²) in [5, 5.41) is 5.71. The monoisotopic (exact) mass is 332 g/mol. The maximum Gasteiger partial charge on any atom is 0.314 e. The molecule has 2 amide bonds. The van der Waals surface area contributed by atoms with E-state index in [4.69, 9.17) is 9.47 Å². The van der Waals surface area contributed by atoms with E-state index in [0.29, 0.717) is 25.1 Å². The minimum absolute atomic E-state index is 0.0930. The Balaban J connectivity index is 1.75. The van der Waals surface area contributed by atoms with Crippen LogP contribution in [0.25, 0.3) is 0 Å². The maximum absolute atomic E-state index is 11.3. The topological polar surface area (TPSA) is 59.6 Å². The Morgan fingerprint density at radius 3 is 2.67 bits per heavy atom. The number of amides is 2. The van der Waals surface area contributed by atoms with E-state index in [0.717, 1.165) is 17.9 Å². The molecule has 0 spiro atoms. The Kier molecular flexibility index (Phi) is 5.48. The first-order valence-corrected chi connectivity index (χ1v) is 9.07. The lowest BCUT2D eigenvalue weighted by atomic mass is 9.97. The van der Waals surface area contributed by atoms with Crippen LogP contribution < -0.4 is 20.1 Å². The Labute approximate surface area is 144 Å². The molecule has 2 fully saturated rings. The van der Waals surface area contributed by atoms with Gasteiger partial charge in [0.15, 0.2) is 11.5 Å². The number of benzene rings is 1. The van der Waals surface area contributed by atoms with Crippen LogP contribution in [0.4, 0.5) is 4.79 Å². The first-order valence-electron chi connectivity index (χ1n) is 9.07. The van der Waals surface area contributed by atoms with Gasteiger partial charge < -0.3 is 20.1 Å². The first kappa shape index (κ1) is 16.9. The van der Waals surface area contributed by atoms with Crippen LogP contribution in [0.1, 0.15) is 50.5 Å². The van der Waals surface area contributed by atoms with Crippen molar-refractivity contribution in [1.82, 2.24) is 10.6 Å². The van der Waals surface area contributed by atoms with Crippen molar-refractivity contribution >= 4 is 6.03 Å². The second-order valence-corrected chi connectivity index (χ2v) is 6.83. The molecule has 1 aliphatic carbocycles. The normalized spacial score (nSPS) is 24.3. The maximum atomic E-state index is 11.3. The molecule has 3 rings (SSSR count). The second-order valence-electron chi connectivity index (χ2n) is 6.83. The van der Waals surface area contributed by atoms with Gasteiger partial charge in [0, 0.05) is 19.0 Å². The Hall–Kier alpha value is -1.91. The smallest absolute Gasteiger partial charge is 0.314 e. The molecule has 1 saturated heterocycles. The van der Waals surface area contributed by atoms with E-state index in [2.05, 4.69) is 29.7 Å². The minimum atomic E-state index is -0.0930. The molecule has 1 aliphatic heterocycles. The predicted molar refractivity (Wildman–Crippen MR) is 93.8 cm³/mol. The van der Waals surface area contributed by atoms with Gasteiger partial charge in [-0.2, -0.15) is 0 Å². The van der Waals surface area contributed by atoms with Crippen LogP contribution >= 0.6 is 0 Å². The van der Waals surface area contributed by atoms with Crippen LogP contribution in [0.5, 0.6) is 11.5 Å². The zero-order valence-electron chi connectivity index (χ0n) is 14.6. The summed E-state index contributed by atoms with van der Waals surface area (Å²) < 4.78 is 11.9. The molecule has 5 nitrogen and oxygen atoms in total. The van der Waals surface area contributed by atoms with Gasteiger partial charge in [0.05, 0.1) is 7.11 Å². The summed E-state index contributed by atoms with van der Waals surface area (Å²) in [7, 11) is 1.68. The molecule has 1 heterocycles. The van der Waals surface area contributed by atoms with Crippen molar-refractivity contribution in [3.63, 3.8) is 0 Å². The second kappa shape index (κ2) is 7.77. The van der Waals surface area contributed by atoms with Crippen LogP contribution in [0.2, 0.25) is 0 Å². The SMILES string of the molecule is CCCC1CCC[C@H]1Oc1cc(C2CNC(=O)NC2)ccc1OC. The fourth-order valence-corrected chi connectivity index (χ4v) is 3.86. The number of nitrogens with one attached hydrogen (secondary N) is 2. The standard InChI is InChI=1S/C19H28N2O3/c1-3-5-13-6-4-7-16(13)24-18-10-14(8-9-17(18)23-2)15-11-20-19(22)21-12-15/h8-10,13,15-16H,3-7,11-12H2,1-2H3,(H2,20,21,22)/t13?,16-/m1/s1. The van der Waals surface area contributed by atoms with E-state index < -0.39 is 0 Å². The van der Waals surface area contributed by atoms with Gasteiger partial charge >= 0.3 is 6.03 Å². The minimum Gasteiger partial charge on any atom is -0.493 e. The van der Waals surface area contributed by atoms with Gasteiger partial charge in [0.2, 0.25) is 0 Å². The third-order valence-corrected chi connectivity index (χ3v) is 5.20. The van der Waals surface area contributed by atoms with Crippen molar-refractivity contribution in [2.45, 2.75) is 51.0 Å². The lowest BCUT2D eigenvalue weighted by Gasteiger charge is -2.26. The van der Waals surface area contributed by atoms with Gasteiger partial charge in [-0.15, -0.1) is 0 Å². The predicted octanol–water partition coefficient (Wildman–Crippen LogP) is 3.44. The van der Waals surface area contributed by atoms with Crippen molar-refractivity contribution in [2.24, 2.45) is 5.92 Å². The van der Waals surface area contributed by atoms with E-state index in [-0.39, 0.29) is 11.9 Å². The number of hydrogen-bond donors (Lipinski definition) is 2. The summed E-state index contributed by atoms with van der Waals surface area (Å²) in [6, 6.07) is 6.03. The molecule has 1 unspecified atom stereocenters. The molecule has 132 valence electrons. The molecule has 0 aromatic heterocycles. The van der Waals surface area contributed by atoms with E-state index in [1.807, 2.05) is 6.07 Å². The van der Waals surface area contributed by atoms with Crippen LogP contribution in [0, 0.1) is 5.92 Å². The van der Waals surface area contributed by atoms with Crippen LogP contribution in [0.15, 0.2) is 18.2 Å². The van der Waals surface area contributed by atoms with E-state index >= 15 is 0 Å². The first-order chi connectivity index (χ1) is 11.7. The van der Waals surface area contributed by atoms with E-state index in [9.17, 15) is 4.79 Å². The highest BCUT2D eigenvalue weighted by atomic mass is 16.5. The zero-order chi connectivity index (χ0) is 16.9. The molecule has 2 atom stereocenters. The highest BCUT2D eigenvalue weighted by Gasteiger charge is 2.29. The highest BCUT2D eigenvalue weighted by Crippen LogP contribution is 2.37. The molecule has 5 heteroatoms.